The number of benzene rings is 1. The number of hydrogen-bond acceptors (Lipinski definition) is 8. The third-order valence-corrected chi connectivity index (χ3v) is 6.70. The predicted octanol–water partition coefficient (Wildman–Crippen LogP) is 0.473. The summed E-state index contributed by atoms with van der Waals surface area (Å²) in [4.78, 5) is 26.0. The quantitative estimate of drug-likeness (QED) is 0.566. The maximum atomic E-state index is 14.8. The van der Waals surface area contributed by atoms with Gasteiger partial charge >= 0.3 is 6.09 Å². The van der Waals surface area contributed by atoms with Crippen molar-refractivity contribution in [2.45, 2.75) is 13.0 Å². The molecule has 0 saturated carbocycles. The number of hydrogen-bond donors (Lipinski definition) is 0. The summed E-state index contributed by atoms with van der Waals surface area (Å²) in [6.45, 7) is 1.56. The van der Waals surface area contributed by atoms with Crippen molar-refractivity contribution in [3.63, 3.8) is 0 Å². The van der Waals surface area contributed by atoms with E-state index < -0.39 is 39.7 Å². The normalized spacial score (nSPS) is 19.8. The van der Waals surface area contributed by atoms with Crippen LogP contribution in [0.1, 0.15) is 6.92 Å². The molecule has 3 rings (SSSR count). The second-order valence-electron chi connectivity index (χ2n) is 7.13. The van der Waals surface area contributed by atoms with Gasteiger partial charge in [0.1, 0.15) is 11.9 Å². The lowest BCUT2D eigenvalue weighted by Crippen LogP contribution is -2.49. The van der Waals surface area contributed by atoms with Gasteiger partial charge < -0.3 is 19.9 Å². The highest BCUT2D eigenvalue weighted by Gasteiger charge is 2.34. The largest absolute Gasteiger partial charge is 0.756 e. The minimum absolute atomic E-state index is 0.000926. The van der Waals surface area contributed by atoms with Gasteiger partial charge in [-0.2, -0.15) is 9.57 Å². The Labute approximate surface area is 178 Å². The number of carbonyl (C=O) groups is 2. The maximum Gasteiger partial charge on any atom is 0.414 e. The van der Waals surface area contributed by atoms with E-state index in [0.717, 1.165) is 13.0 Å². The monoisotopic (exact) mass is 454 g/mol. The number of nitriles is 1. The molecule has 1 aromatic carbocycles. The molecule has 0 unspecified atom stereocenters. The number of piperazine rings is 1. The summed E-state index contributed by atoms with van der Waals surface area (Å²) in [5.74, 6) is -1.90. The fourth-order valence-corrected chi connectivity index (χ4v) is 4.51. The summed E-state index contributed by atoms with van der Waals surface area (Å²) in [5.41, 5.74) is 0.497. The van der Waals surface area contributed by atoms with Gasteiger partial charge in [0.25, 0.3) is 0 Å². The molecule has 2 heterocycles. The highest BCUT2D eigenvalue weighted by molar-refractivity contribution is 7.89. The van der Waals surface area contributed by atoms with E-state index in [1.54, 1.807) is 11.0 Å². The Kier molecular flexibility index (Phi) is 6.63. The van der Waals surface area contributed by atoms with Crippen LogP contribution in [0.3, 0.4) is 0 Å². The molecular weight excluding hydrogens is 433 g/mol. The second kappa shape index (κ2) is 9.04. The van der Waals surface area contributed by atoms with Crippen molar-refractivity contribution in [1.29, 1.82) is 5.26 Å². The molecule has 2 fully saturated rings. The number of cyclic esters (lactones) is 1. The Bertz CT molecular complexity index is 1010. The van der Waals surface area contributed by atoms with Gasteiger partial charge in [-0.3, -0.25) is 9.69 Å². The fraction of sp³-hybridized carbons (Fsp3) is 0.500. The zero-order chi connectivity index (χ0) is 22.8. The van der Waals surface area contributed by atoms with Crippen LogP contribution in [0.25, 0.3) is 0 Å². The number of halogens is 1. The van der Waals surface area contributed by atoms with Crippen LogP contribution in [0.15, 0.2) is 18.2 Å². The number of rotatable bonds is 6. The number of hydroxylamine groups is 2. The summed E-state index contributed by atoms with van der Waals surface area (Å²) < 4.78 is 45.0. The standard InChI is InChI=1S/C18H21FN5O6S/c1-13(25)24(27)12-15-11-23(18(26)30-15)14-2-3-17(16(19)10-14)21-5-7-22(8-6-21)31(28,29)9-4-20/h2-3,10,15H,5-9,11-12H2,1H3/q-1/t15-/m0/s1. The zero-order valence-corrected chi connectivity index (χ0v) is 17.5. The molecule has 0 radical (unpaired) electrons. The lowest BCUT2D eigenvalue weighted by atomic mass is 10.2. The van der Waals surface area contributed by atoms with Gasteiger partial charge in [0.05, 0.1) is 24.0 Å². The molecule has 0 bridgehead atoms. The highest BCUT2D eigenvalue weighted by Crippen LogP contribution is 2.29. The predicted molar refractivity (Wildman–Crippen MR) is 108 cm³/mol. The van der Waals surface area contributed by atoms with Crippen molar-refractivity contribution in [2.75, 3.05) is 54.8 Å². The number of nitrogens with zero attached hydrogens (tertiary/aromatic N) is 5. The fourth-order valence-electron chi connectivity index (χ4n) is 3.44. The highest BCUT2D eigenvalue weighted by atomic mass is 32.2. The van der Waals surface area contributed by atoms with Crippen molar-refractivity contribution in [3.8, 4) is 6.07 Å². The summed E-state index contributed by atoms with van der Waals surface area (Å²) in [5, 5.41) is 20.3. The molecule has 0 aromatic heterocycles. The van der Waals surface area contributed by atoms with Gasteiger partial charge in [0, 0.05) is 39.6 Å². The van der Waals surface area contributed by atoms with Gasteiger partial charge in [-0.1, -0.05) is 0 Å². The lowest BCUT2D eigenvalue weighted by Gasteiger charge is -2.35. The van der Waals surface area contributed by atoms with Gasteiger partial charge in [0.2, 0.25) is 15.9 Å². The summed E-state index contributed by atoms with van der Waals surface area (Å²) in [7, 11) is -3.65. The van der Waals surface area contributed by atoms with E-state index >= 15 is 0 Å². The van der Waals surface area contributed by atoms with Crippen LogP contribution >= 0.6 is 0 Å². The number of sulfonamides is 1. The maximum absolute atomic E-state index is 14.8. The molecule has 2 saturated heterocycles. The van der Waals surface area contributed by atoms with Crippen LogP contribution < -0.4 is 9.80 Å². The Balaban J connectivity index is 1.65. The van der Waals surface area contributed by atoms with Gasteiger partial charge in [0.15, 0.2) is 5.75 Å². The third kappa shape index (κ3) is 5.04. The molecule has 168 valence electrons. The van der Waals surface area contributed by atoms with Gasteiger partial charge in [-0.25, -0.2) is 17.6 Å². The Morgan fingerprint density at radius 2 is 2.03 bits per heavy atom. The molecular formula is C18H21FN5O6S-. The smallest absolute Gasteiger partial charge is 0.414 e. The first kappa shape index (κ1) is 22.7. The zero-order valence-electron chi connectivity index (χ0n) is 16.7. The number of amides is 2. The first-order chi connectivity index (χ1) is 14.6. The van der Waals surface area contributed by atoms with Crippen LogP contribution in [0, 0.1) is 22.4 Å². The molecule has 2 aliphatic heterocycles. The van der Waals surface area contributed by atoms with Gasteiger partial charge in [-0.05, 0) is 18.2 Å². The average molecular weight is 454 g/mol. The lowest BCUT2D eigenvalue weighted by molar-refractivity contribution is -0.127. The molecule has 0 N–H and O–H groups in total. The summed E-state index contributed by atoms with van der Waals surface area (Å²) >= 11 is 0. The van der Waals surface area contributed by atoms with E-state index in [-0.39, 0.29) is 55.7 Å². The second-order valence-corrected chi connectivity index (χ2v) is 9.10. The molecule has 0 spiro atoms. The number of carbonyl (C=O) groups excluding carboxylic acids is 2. The van der Waals surface area contributed by atoms with Crippen LogP contribution in [0.4, 0.5) is 20.6 Å². The van der Waals surface area contributed by atoms with E-state index in [4.69, 9.17) is 10.00 Å². The molecule has 11 nitrogen and oxygen atoms in total. The minimum atomic E-state index is -3.65. The molecule has 2 aliphatic rings. The summed E-state index contributed by atoms with van der Waals surface area (Å²) in [6.07, 6.45) is -1.56. The first-order valence-electron chi connectivity index (χ1n) is 9.45. The molecule has 1 atom stereocenters. The van der Waals surface area contributed by atoms with Crippen LogP contribution in [-0.4, -0.2) is 80.9 Å². The van der Waals surface area contributed by atoms with E-state index in [1.165, 1.54) is 21.3 Å². The third-order valence-electron chi connectivity index (χ3n) is 5.06. The van der Waals surface area contributed by atoms with Crippen molar-refractivity contribution < 1.29 is 27.1 Å². The molecule has 1 aromatic rings. The average Bonchev–Trinajstić information content (AvgIpc) is 3.08. The van der Waals surface area contributed by atoms with E-state index in [0.29, 0.717) is 0 Å². The first-order valence-corrected chi connectivity index (χ1v) is 11.1. The number of ether oxygens (including phenoxy) is 1. The molecule has 31 heavy (non-hydrogen) atoms. The van der Waals surface area contributed by atoms with Crippen LogP contribution in [0.2, 0.25) is 0 Å². The Morgan fingerprint density at radius 3 is 2.61 bits per heavy atom. The van der Waals surface area contributed by atoms with Crippen molar-refractivity contribution in [1.82, 2.24) is 9.37 Å². The molecule has 13 heteroatoms. The molecule has 0 aliphatic carbocycles. The van der Waals surface area contributed by atoms with Crippen molar-refractivity contribution >= 4 is 33.4 Å². The van der Waals surface area contributed by atoms with E-state index in [9.17, 15) is 27.6 Å². The van der Waals surface area contributed by atoms with Crippen LogP contribution in [0.5, 0.6) is 0 Å². The SMILES string of the molecule is CC(=O)N([O-])C[C@@H]1CN(c2ccc(N3CCN(S(=O)(=O)CC#N)CC3)c(F)c2)C(=O)O1. The van der Waals surface area contributed by atoms with E-state index in [2.05, 4.69) is 0 Å². The molecule has 2 amide bonds. The summed E-state index contributed by atoms with van der Waals surface area (Å²) in [6, 6.07) is 5.81. The van der Waals surface area contributed by atoms with Crippen molar-refractivity contribution in [2.24, 2.45) is 0 Å². The Morgan fingerprint density at radius 1 is 1.35 bits per heavy atom. The minimum Gasteiger partial charge on any atom is -0.756 e. The van der Waals surface area contributed by atoms with Gasteiger partial charge in [-0.15, -0.1) is 0 Å². The van der Waals surface area contributed by atoms with Crippen LogP contribution in [-0.2, 0) is 19.6 Å². The Hall–Kier alpha value is -2.95. The number of anilines is 2. The van der Waals surface area contributed by atoms with Crippen molar-refractivity contribution in [3.05, 3.63) is 29.2 Å². The topological polar surface area (TPSA) is 137 Å². The van der Waals surface area contributed by atoms with E-state index in [1.807, 2.05) is 0 Å².